The lowest BCUT2D eigenvalue weighted by Crippen LogP contribution is -2.23. The highest BCUT2D eigenvalue weighted by Crippen LogP contribution is 2.05. The van der Waals surface area contributed by atoms with Crippen molar-refractivity contribution < 1.29 is 4.79 Å². The zero-order valence-electron chi connectivity index (χ0n) is 7.79. The van der Waals surface area contributed by atoms with Crippen LogP contribution in [0.4, 0.5) is 5.69 Å². The number of carbonyl (C=O) groups is 1. The first-order valence-electron chi connectivity index (χ1n) is 4.31. The van der Waals surface area contributed by atoms with E-state index in [0.717, 1.165) is 17.7 Å². The Morgan fingerprint density at radius 2 is 2.07 bits per heavy atom. The van der Waals surface area contributed by atoms with Crippen LogP contribution in [0.5, 0.6) is 0 Å². The summed E-state index contributed by atoms with van der Waals surface area (Å²) in [6.45, 7) is 0.549. The molecule has 0 fully saturated rings. The molecule has 3 heteroatoms. The third-order valence-electron chi connectivity index (χ3n) is 1.81. The summed E-state index contributed by atoms with van der Waals surface area (Å²) in [6.07, 6.45) is 5.65. The normalized spacial score (nSPS) is 9.07. The van der Waals surface area contributed by atoms with Gasteiger partial charge in [-0.1, -0.05) is 12.1 Å². The van der Waals surface area contributed by atoms with Gasteiger partial charge in [0.25, 0.3) is 5.91 Å². The molecule has 0 saturated carbocycles. The molecule has 0 saturated heterocycles. The van der Waals surface area contributed by atoms with Crippen LogP contribution in [0.3, 0.4) is 0 Å². The van der Waals surface area contributed by atoms with Gasteiger partial charge in [-0.05, 0) is 30.0 Å². The Labute approximate surface area is 83.3 Å². The van der Waals surface area contributed by atoms with Crippen molar-refractivity contribution in [3.05, 3.63) is 29.8 Å². The Kier molecular flexibility index (Phi) is 3.57. The van der Waals surface area contributed by atoms with E-state index in [0.29, 0.717) is 6.54 Å². The highest BCUT2D eigenvalue weighted by molar-refractivity contribution is 5.92. The molecule has 14 heavy (non-hydrogen) atoms. The molecule has 1 rings (SSSR count). The molecule has 0 heterocycles. The topological polar surface area (TPSA) is 55.1 Å². The Bertz CT molecular complexity index is 349. The average molecular weight is 188 g/mol. The number of nitrogens with two attached hydrogens (primary N) is 1. The van der Waals surface area contributed by atoms with E-state index in [1.165, 1.54) is 0 Å². The Morgan fingerprint density at radius 3 is 2.64 bits per heavy atom. The molecule has 1 aromatic rings. The largest absolute Gasteiger partial charge is 0.399 e. The van der Waals surface area contributed by atoms with Crippen molar-refractivity contribution in [2.75, 3.05) is 12.3 Å². The maximum Gasteiger partial charge on any atom is 0.295 e. The van der Waals surface area contributed by atoms with Crippen LogP contribution in [0.1, 0.15) is 5.56 Å². The van der Waals surface area contributed by atoms with Gasteiger partial charge in [-0.2, -0.15) is 0 Å². The van der Waals surface area contributed by atoms with Crippen molar-refractivity contribution in [3.8, 4) is 12.3 Å². The molecule has 3 nitrogen and oxygen atoms in total. The lowest BCUT2D eigenvalue weighted by atomic mass is 10.1. The first kappa shape index (κ1) is 10.1. The van der Waals surface area contributed by atoms with Crippen molar-refractivity contribution in [3.63, 3.8) is 0 Å². The summed E-state index contributed by atoms with van der Waals surface area (Å²) in [6, 6.07) is 7.52. The van der Waals surface area contributed by atoms with Crippen LogP contribution in [0, 0.1) is 12.3 Å². The highest BCUT2D eigenvalue weighted by atomic mass is 16.1. The monoisotopic (exact) mass is 188 g/mol. The van der Waals surface area contributed by atoms with E-state index >= 15 is 0 Å². The number of rotatable bonds is 3. The van der Waals surface area contributed by atoms with Crippen LogP contribution in [0.15, 0.2) is 24.3 Å². The summed E-state index contributed by atoms with van der Waals surface area (Å²) in [5.74, 6) is 1.62. The maximum absolute atomic E-state index is 10.7. The van der Waals surface area contributed by atoms with Gasteiger partial charge in [-0.25, -0.2) is 0 Å². The van der Waals surface area contributed by atoms with Crippen LogP contribution in [-0.4, -0.2) is 12.5 Å². The standard InChI is InChI=1S/C11H12N2O/c1-2-11(14)13-8-7-9-3-5-10(12)6-4-9/h1,3-6H,7-8,12H2,(H,13,14). The number of nitrogens with one attached hydrogen (secondary N) is 1. The van der Waals surface area contributed by atoms with Gasteiger partial charge in [0.1, 0.15) is 0 Å². The average Bonchev–Trinajstić information content (AvgIpc) is 2.21. The summed E-state index contributed by atoms with van der Waals surface area (Å²) in [7, 11) is 0. The van der Waals surface area contributed by atoms with Crippen LogP contribution >= 0.6 is 0 Å². The van der Waals surface area contributed by atoms with E-state index in [2.05, 4.69) is 5.32 Å². The van der Waals surface area contributed by atoms with E-state index < -0.39 is 0 Å². The molecule has 0 spiro atoms. The second kappa shape index (κ2) is 4.93. The molecule has 0 bridgehead atoms. The SMILES string of the molecule is C#CC(=O)NCCc1ccc(N)cc1. The third-order valence-corrected chi connectivity index (χ3v) is 1.81. The molecule has 0 aliphatic heterocycles. The van der Waals surface area contributed by atoms with Gasteiger partial charge in [-0.15, -0.1) is 6.42 Å². The van der Waals surface area contributed by atoms with E-state index in [4.69, 9.17) is 12.2 Å². The van der Waals surface area contributed by atoms with Gasteiger partial charge in [0.2, 0.25) is 0 Å². The number of hydrogen-bond donors (Lipinski definition) is 2. The molecule has 3 N–H and O–H groups in total. The molecule has 0 atom stereocenters. The molecule has 0 radical (unpaired) electrons. The van der Waals surface area contributed by atoms with E-state index in [-0.39, 0.29) is 5.91 Å². The molecule has 1 aromatic carbocycles. The van der Waals surface area contributed by atoms with Crippen LogP contribution in [0.25, 0.3) is 0 Å². The third kappa shape index (κ3) is 3.20. The molecule has 72 valence electrons. The predicted octanol–water partition coefficient (Wildman–Crippen LogP) is 0.561. The van der Waals surface area contributed by atoms with Crippen LogP contribution in [0.2, 0.25) is 0 Å². The Morgan fingerprint density at radius 1 is 1.43 bits per heavy atom. The molecule has 0 aromatic heterocycles. The summed E-state index contributed by atoms with van der Waals surface area (Å²) in [5.41, 5.74) is 7.39. The minimum atomic E-state index is -0.375. The fraction of sp³-hybridized carbons (Fsp3) is 0.182. The van der Waals surface area contributed by atoms with Gasteiger partial charge in [0, 0.05) is 12.2 Å². The number of anilines is 1. The lowest BCUT2D eigenvalue weighted by molar-refractivity contribution is -0.115. The minimum absolute atomic E-state index is 0.375. The van der Waals surface area contributed by atoms with Gasteiger partial charge in [-0.3, -0.25) is 4.79 Å². The van der Waals surface area contributed by atoms with Gasteiger partial charge < -0.3 is 11.1 Å². The van der Waals surface area contributed by atoms with Crippen molar-refractivity contribution in [1.29, 1.82) is 0 Å². The summed E-state index contributed by atoms with van der Waals surface area (Å²) in [5, 5.41) is 2.59. The maximum atomic E-state index is 10.7. The van der Waals surface area contributed by atoms with E-state index in [9.17, 15) is 4.79 Å². The quantitative estimate of drug-likeness (QED) is 0.538. The Hall–Kier alpha value is -1.95. The smallest absolute Gasteiger partial charge is 0.295 e. The van der Waals surface area contributed by atoms with Crippen LogP contribution in [-0.2, 0) is 11.2 Å². The number of nitrogen functional groups attached to an aromatic ring is 1. The Balaban J connectivity index is 2.36. The first-order valence-corrected chi connectivity index (χ1v) is 4.31. The van der Waals surface area contributed by atoms with Crippen molar-refractivity contribution in [1.82, 2.24) is 5.32 Å². The second-order valence-corrected chi connectivity index (χ2v) is 2.89. The predicted molar refractivity (Wildman–Crippen MR) is 56.4 cm³/mol. The number of hydrogen-bond acceptors (Lipinski definition) is 2. The van der Waals surface area contributed by atoms with Gasteiger partial charge in [0.05, 0.1) is 0 Å². The van der Waals surface area contributed by atoms with Crippen LogP contribution < -0.4 is 11.1 Å². The minimum Gasteiger partial charge on any atom is -0.399 e. The molecule has 0 aliphatic carbocycles. The molecule has 1 amide bonds. The molecule has 0 aliphatic rings. The van der Waals surface area contributed by atoms with Gasteiger partial charge in [0.15, 0.2) is 0 Å². The van der Waals surface area contributed by atoms with E-state index in [1.54, 1.807) is 0 Å². The molecule has 0 unspecified atom stereocenters. The fourth-order valence-electron chi connectivity index (χ4n) is 1.06. The van der Waals surface area contributed by atoms with Crippen molar-refractivity contribution >= 4 is 11.6 Å². The van der Waals surface area contributed by atoms with Gasteiger partial charge >= 0.3 is 0 Å². The number of benzene rings is 1. The highest BCUT2D eigenvalue weighted by Gasteiger charge is 1.95. The lowest BCUT2D eigenvalue weighted by Gasteiger charge is -2.02. The van der Waals surface area contributed by atoms with Crippen molar-refractivity contribution in [2.24, 2.45) is 0 Å². The van der Waals surface area contributed by atoms with E-state index in [1.807, 2.05) is 30.2 Å². The first-order chi connectivity index (χ1) is 6.72. The zero-order valence-corrected chi connectivity index (χ0v) is 7.79. The summed E-state index contributed by atoms with van der Waals surface area (Å²) >= 11 is 0. The summed E-state index contributed by atoms with van der Waals surface area (Å²) < 4.78 is 0. The number of carbonyl (C=O) groups excluding carboxylic acids is 1. The molecular formula is C11H12N2O. The fourth-order valence-corrected chi connectivity index (χ4v) is 1.06. The number of terminal acetylenes is 1. The number of amides is 1. The summed E-state index contributed by atoms with van der Waals surface area (Å²) in [4.78, 5) is 10.7. The zero-order chi connectivity index (χ0) is 10.4. The second-order valence-electron chi connectivity index (χ2n) is 2.89. The van der Waals surface area contributed by atoms with Crippen molar-refractivity contribution in [2.45, 2.75) is 6.42 Å². The molecular weight excluding hydrogens is 176 g/mol.